The minimum Gasteiger partial charge on any atom is -0.497 e. The maximum absolute atomic E-state index is 12.3. The summed E-state index contributed by atoms with van der Waals surface area (Å²) in [5, 5.41) is 3.03. The molecule has 0 aliphatic carbocycles. The number of thiazole rings is 1. The third-order valence-corrected chi connectivity index (χ3v) is 6.01. The lowest BCUT2D eigenvalue weighted by Gasteiger charge is -2.12. The minimum absolute atomic E-state index is 0.0168. The van der Waals surface area contributed by atoms with Crippen LogP contribution in [0.15, 0.2) is 34.7 Å². The minimum atomic E-state index is -0.0168. The number of methoxy groups -OCH3 is 1. The van der Waals surface area contributed by atoms with E-state index in [9.17, 15) is 4.79 Å². The van der Waals surface area contributed by atoms with E-state index in [-0.39, 0.29) is 5.91 Å². The molecule has 25 heavy (non-hydrogen) atoms. The second-order valence-corrected chi connectivity index (χ2v) is 8.18. The van der Waals surface area contributed by atoms with Gasteiger partial charge in [0.15, 0.2) is 4.34 Å². The van der Waals surface area contributed by atoms with Gasteiger partial charge in [-0.1, -0.05) is 29.5 Å². The summed E-state index contributed by atoms with van der Waals surface area (Å²) in [6, 6.07) is 9.96. The van der Waals surface area contributed by atoms with Crippen LogP contribution >= 0.6 is 23.1 Å². The van der Waals surface area contributed by atoms with Crippen molar-refractivity contribution in [3.05, 3.63) is 47.0 Å². The van der Waals surface area contributed by atoms with Crippen LogP contribution in [0.5, 0.6) is 5.75 Å². The lowest BCUT2D eigenvalue weighted by Crippen LogP contribution is -2.15. The average Bonchev–Trinajstić information content (AvgIpc) is 2.98. The van der Waals surface area contributed by atoms with Gasteiger partial charge in [0.25, 0.3) is 0 Å². The average molecular weight is 373 g/mol. The van der Waals surface area contributed by atoms with Crippen LogP contribution in [0.2, 0.25) is 0 Å². The number of thioether (sulfide) groups is 1. The topological polar surface area (TPSA) is 51.2 Å². The Hall–Kier alpha value is -2.05. The van der Waals surface area contributed by atoms with E-state index >= 15 is 0 Å². The van der Waals surface area contributed by atoms with Crippen molar-refractivity contribution in [1.29, 1.82) is 0 Å². The highest BCUT2D eigenvalue weighted by molar-refractivity contribution is 8.01. The number of hydrogen-bond donors (Lipinski definition) is 1. The molecule has 6 heteroatoms. The van der Waals surface area contributed by atoms with Gasteiger partial charge in [0.1, 0.15) is 5.75 Å². The summed E-state index contributed by atoms with van der Waals surface area (Å²) < 4.78 is 7.18. The summed E-state index contributed by atoms with van der Waals surface area (Å²) in [7, 11) is 1.65. The van der Waals surface area contributed by atoms with E-state index in [4.69, 9.17) is 4.74 Å². The van der Waals surface area contributed by atoms with Gasteiger partial charge in [-0.3, -0.25) is 4.79 Å². The first kappa shape index (κ1) is 17.8. The molecule has 0 aliphatic rings. The fraction of sp³-hybridized carbons (Fsp3) is 0.263. The van der Waals surface area contributed by atoms with Gasteiger partial charge in [-0.05, 0) is 50.1 Å². The molecular weight excluding hydrogens is 352 g/mol. The zero-order chi connectivity index (χ0) is 18.0. The number of carbonyl (C=O) groups excluding carboxylic acids is 1. The van der Waals surface area contributed by atoms with Crippen LogP contribution in [-0.2, 0) is 4.79 Å². The molecule has 4 nitrogen and oxygen atoms in total. The Morgan fingerprint density at radius 3 is 2.60 bits per heavy atom. The number of carbonyl (C=O) groups is 1. The normalized spacial score (nSPS) is 10.9. The Balaban J connectivity index is 1.66. The first-order valence-electron chi connectivity index (χ1n) is 7.91. The van der Waals surface area contributed by atoms with Crippen LogP contribution in [0.3, 0.4) is 0 Å². The van der Waals surface area contributed by atoms with E-state index in [2.05, 4.69) is 29.4 Å². The Bertz CT molecular complexity index is 911. The van der Waals surface area contributed by atoms with Gasteiger partial charge < -0.3 is 10.1 Å². The smallest absolute Gasteiger partial charge is 0.234 e. The standard InChI is InChI=1S/C19H20N2O2S2/c1-11-7-12(2)18(13(3)8-11)21-17(22)10-24-19-20-15-6-5-14(23-4)9-16(15)25-19/h5-9H,10H2,1-4H3,(H,21,22). The van der Waals surface area contributed by atoms with E-state index < -0.39 is 0 Å². The molecule has 0 atom stereocenters. The monoisotopic (exact) mass is 372 g/mol. The fourth-order valence-electron chi connectivity index (χ4n) is 2.75. The second kappa shape index (κ2) is 7.45. The molecule has 0 radical (unpaired) electrons. The molecule has 1 aromatic heterocycles. The van der Waals surface area contributed by atoms with Crippen molar-refractivity contribution in [2.45, 2.75) is 25.1 Å². The van der Waals surface area contributed by atoms with Gasteiger partial charge in [0, 0.05) is 5.69 Å². The molecule has 0 saturated heterocycles. The molecule has 0 aliphatic heterocycles. The number of nitrogens with zero attached hydrogens (tertiary/aromatic N) is 1. The summed E-state index contributed by atoms with van der Waals surface area (Å²) in [5.74, 6) is 1.14. The molecule has 0 bridgehead atoms. The zero-order valence-electron chi connectivity index (χ0n) is 14.7. The van der Waals surface area contributed by atoms with Crippen molar-refractivity contribution in [2.75, 3.05) is 18.2 Å². The van der Waals surface area contributed by atoms with Crippen LogP contribution in [0.1, 0.15) is 16.7 Å². The molecule has 3 aromatic rings. The summed E-state index contributed by atoms with van der Waals surface area (Å²) in [6.07, 6.45) is 0. The number of amides is 1. The van der Waals surface area contributed by atoms with E-state index in [0.29, 0.717) is 5.75 Å². The number of nitrogens with one attached hydrogen (secondary N) is 1. The Labute approximate surface area is 155 Å². The van der Waals surface area contributed by atoms with Crippen molar-refractivity contribution in [3.8, 4) is 5.75 Å². The van der Waals surface area contributed by atoms with Crippen LogP contribution in [0.25, 0.3) is 10.2 Å². The number of hydrogen-bond acceptors (Lipinski definition) is 5. The maximum atomic E-state index is 12.3. The third-order valence-electron chi connectivity index (χ3n) is 3.84. The largest absolute Gasteiger partial charge is 0.497 e. The van der Waals surface area contributed by atoms with Gasteiger partial charge in [-0.15, -0.1) is 11.3 Å². The zero-order valence-corrected chi connectivity index (χ0v) is 16.3. The quantitative estimate of drug-likeness (QED) is 0.643. The number of ether oxygens (including phenoxy) is 1. The lowest BCUT2D eigenvalue weighted by atomic mass is 10.1. The molecule has 1 heterocycles. The maximum Gasteiger partial charge on any atom is 0.234 e. The van der Waals surface area contributed by atoms with Gasteiger partial charge in [0.2, 0.25) is 5.91 Å². The highest BCUT2D eigenvalue weighted by Gasteiger charge is 2.11. The molecule has 0 fully saturated rings. The molecule has 0 spiro atoms. The number of aromatic nitrogens is 1. The lowest BCUT2D eigenvalue weighted by molar-refractivity contribution is -0.113. The number of fused-ring (bicyclic) bond motifs is 1. The SMILES string of the molecule is COc1ccc2nc(SCC(=O)Nc3c(C)cc(C)cc3C)sc2c1. The highest BCUT2D eigenvalue weighted by Crippen LogP contribution is 2.32. The van der Waals surface area contributed by atoms with Gasteiger partial charge in [0.05, 0.1) is 23.1 Å². The summed E-state index contributed by atoms with van der Waals surface area (Å²) in [5.41, 5.74) is 5.21. The Morgan fingerprint density at radius 2 is 1.92 bits per heavy atom. The summed E-state index contributed by atoms with van der Waals surface area (Å²) >= 11 is 3.03. The predicted molar refractivity (Wildman–Crippen MR) is 106 cm³/mol. The molecule has 0 saturated carbocycles. The van der Waals surface area contributed by atoms with E-state index in [1.54, 1.807) is 18.4 Å². The third kappa shape index (κ3) is 4.14. The molecule has 2 aromatic carbocycles. The predicted octanol–water partition coefficient (Wildman–Crippen LogP) is 4.96. The van der Waals surface area contributed by atoms with E-state index in [1.807, 2.05) is 32.0 Å². The van der Waals surface area contributed by atoms with Crippen molar-refractivity contribution in [1.82, 2.24) is 4.98 Å². The second-order valence-electron chi connectivity index (χ2n) is 5.92. The number of rotatable bonds is 5. The van der Waals surface area contributed by atoms with Gasteiger partial charge in [-0.25, -0.2) is 4.98 Å². The Morgan fingerprint density at radius 1 is 1.20 bits per heavy atom. The van der Waals surface area contributed by atoms with Crippen LogP contribution in [0, 0.1) is 20.8 Å². The van der Waals surface area contributed by atoms with Crippen LogP contribution in [0.4, 0.5) is 5.69 Å². The first-order valence-corrected chi connectivity index (χ1v) is 9.71. The molecule has 1 N–H and O–H groups in total. The molecule has 130 valence electrons. The van der Waals surface area contributed by atoms with Crippen molar-refractivity contribution < 1.29 is 9.53 Å². The molecular formula is C19H20N2O2S2. The molecule has 0 unspecified atom stereocenters. The van der Waals surface area contributed by atoms with E-state index in [0.717, 1.165) is 37.1 Å². The number of anilines is 1. The van der Waals surface area contributed by atoms with Crippen molar-refractivity contribution >= 4 is 44.9 Å². The van der Waals surface area contributed by atoms with Crippen molar-refractivity contribution in [3.63, 3.8) is 0 Å². The van der Waals surface area contributed by atoms with Gasteiger partial charge in [-0.2, -0.15) is 0 Å². The number of aryl methyl sites for hydroxylation is 3. The van der Waals surface area contributed by atoms with Crippen molar-refractivity contribution in [2.24, 2.45) is 0 Å². The summed E-state index contributed by atoms with van der Waals surface area (Å²) in [4.78, 5) is 16.9. The van der Waals surface area contributed by atoms with Crippen LogP contribution < -0.4 is 10.1 Å². The number of benzene rings is 2. The highest BCUT2D eigenvalue weighted by atomic mass is 32.2. The van der Waals surface area contributed by atoms with E-state index in [1.165, 1.54) is 17.3 Å². The molecule has 1 amide bonds. The first-order chi connectivity index (χ1) is 12.0. The Kier molecular flexibility index (Phi) is 5.30. The fourth-order valence-corrected chi connectivity index (χ4v) is 4.65. The van der Waals surface area contributed by atoms with Crippen LogP contribution in [-0.4, -0.2) is 23.8 Å². The summed E-state index contributed by atoms with van der Waals surface area (Å²) in [6.45, 7) is 6.09. The van der Waals surface area contributed by atoms with Gasteiger partial charge >= 0.3 is 0 Å². The molecule has 3 rings (SSSR count).